The summed E-state index contributed by atoms with van der Waals surface area (Å²) in [6.45, 7) is 5.86. The lowest BCUT2D eigenvalue weighted by Crippen LogP contribution is -2.09. The first-order chi connectivity index (χ1) is 13.7. The summed E-state index contributed by atoms with van der Waals surface area (Å²) in [5.74, 6) is 1.89. The van der Waals surface area contributed by atoms with Crippen molar-refractivity contribution in [1.29, 1.82) is 0 Å². The molecule has 1 aromatic heterocycles. The summed E-state index contributed by atoms with van der Waals surface area (Å²) in [4.78, 5) is 9.31. The highest BCUT2D eigenvalue weighted by atomic mass is 16.5. The zero-order valence-corrected chi connectivity index (χ0v) is 16.8. The van der Waals surface area contributed by atoms with Crippen molar-refractivity contribution < 1.29 is 4.74 Å². The summed E-state index contributed by atoms with van der Waals surface area (Å²) < 4.78 is 5.11. The topological polar surface area (TPSA) is 59.1 Å². The van der Waals surface area contributed by atoms with Gasteiger partial charge in [0, 0.05) is 37.6 Å². The Morgan fingerprint density at radius 3 is 2.39 bits per heavy atom. The molecule has 0 bridgehead atoms. The van der Waals surface area contributed by atoms with E-state index in [0.717, 1.165) is 35.7 Å². The van der Waals surface area contributed by atoms with Gasteiger partial charge in [-0.15, -0.1) is 0 Å². The summed E-state index contributed by atoms with van der Waals surface area (Å²) in [5.41, 5.74) is 4.26. The first-order valence-electron chi connectivity index (χ1n) is 9.70. The highest BCUT2D eigenvalue weighted by Gasteiger charge is 2.08. The zero-order valence-electron chi connectivity index (χ0n) is 16.8. The van der Waals surface area contributed by atoms with Gasteiger partial charge >= 0.3 is 0 Å². The summed E-state index contributed by atoms with van der Waals surface area (Å²) >= 11 is 0. The molecule has 146 valence electrons. The zero-order chi connectivity index (χ0) is 19.8. The van der Waals surface area contributed by atoms with E-state index in [4.69, 9.17) is 4.74 Å². The van der Waals surface area contributed by atoms with Crippen LogP contribution in [0, 0.1) is 0 Å². The van der Waals surface area contributed by atoms with Crippen molar-refractivity contribution in [2.24, 2.45) is 0 Å². The summed E-state index contributed by atoms with van der Waals surface area (Å²) in [7, 11) is 1.71. The minimum Gasteiger partial charge on any atom is -0.385 e. The van der Waals surface area contributed by atoms with E-state index in [2.05, 4.69) is 70.8 Å². The Morgan fingerprint density at radius 1 is 0.964 bits per heavy atom. The SMILES string of the molecule is COCCCNc1nc(Nc2ccc(C(C)C)cc2)cc(-c2ccccc2)n1. The van der Waals surface area contributed by atoms with Crippen LogP contribution in [0.5, 0.6) is 0 Å². The Hall–Kier alpha value is -2.92. The second-order valence-corrected chi connectivity index (χ2v) is 7.00. The van der Waals surface area contributed by atoms with Gasteiger partial charge in [-0.3, -0.25) is 0 Å². The number of nitrogens with zero attached hydrogens (tertiary/aromatic N) is 2. The number of benzene rings is 2. The van der Waals surface area contributed by atoms with Crippen LogP contribution in [-0.2, 0) is 4.74 Å². The molecule has 0 unspecified atom stereocenters. The maximum absolute atomic E-state index is 5.11. The van der Waals surface area contributed by atoms with Gasteiger partial charge in [0.2, 0.25) is 5.95 Å². The summed E-state index contributed by atoms with van der Waals surface area (Å²) in [6.07, 6.45) is 0.898. The minimum atomic E-state index is 0.515. The van der Waals surface area contributed by atoms with Gasteiger partial charge in [0.25, 0.3) is 0 Å². The van der Waals surface area contributed by atoms with Crippen LogP contribution in [0.1, 0.15) is 31.7 Å². The predicted molar refractivity (Wildman–Crippen MR) is 116 cm³/mol. The number of anilines is 3. The van der Waals surface area contributed by atoms with Crippen molar-refractivity contribution in [3.63, 3.8) is 0 Å². The van der Waals surface area contributed by atoms with Crippen molar-refractivity contribution in [2.45, 2.75) is 26.2 Å². The molecule has 0 atom stereocenters. The van der Waals surface area contributed by atoms with Gasteiger partial charge in [-0.05, 0) is 30.0 Å². The molecule has 1 heterocycles. The van der Waals surface area contributed by atoms with Crippen molar-refractivity contribution in [1.82, 2.24) is 9.97 Å². The highest BCUT2D eigenvalue weighted by molar-refractivity contribution is 5.67. The summed E-state index contributed by atoms with van der Waals surface area (Å²) in [5, 5.41) is 6.70. The number of aromatic nitrogens is 2. The van der Waals surface area contributed by atoms with Crippen LogP contribution in [0.25, 0.3) is 11.3 Å². The molecular formula is C23H28N4O. The van der Waals surface area contributed by atoms with E-state index in [1.807, 2.05) is 24.3 Å². The molecule has 0 saturated heterocycles. The molecule has 3 aromatic rings. The number of rotatable bonds is 9. The molecule has 5 heteroatoms. The van der Waals surface area contributed by atoms with Gasteiger partial charge in [-0.25, -0.2) is 4.98 Å². The first-order valence-corrected chi connectivity index (χ1v) is 9.70. The predicted octanol–water partition coefficient (Wildman–Crippen LogP) is 5.46. The Kier molecular flexibility index (Phi) is 6.98. The number of ether oxygens (including phenoxy) is 1. The average molecular weight is 377 g/mol. The van der Waals surface area contributed by atoms with E-state index in [1.165, 1.54) is 5.56 Å². The molecular weight excluding hydrogens is 348 g/mol. The van der Waals surface area contributed by atoms with Crippen LogP contribution in [0.4, 0.5) is 17.5 Å². The molecule has 2 aromatic carbocycles. The van der Waals surface area contributed by atoms with Gasteiger partial charge in [0.1, 0.15) is 5.82 Å². The third-order valence-corrected chi connectivity index (χ3v) is 4.45. The lowest BCUT2D eigenvalue weighted by atomic mass is 10.0. The van der Waals surface area contributed by atoms with Crippen molar-refractivity contribution in [3.05, 3.63) is 66.2 Å². The van der Waals surface area contributed by atoms with Gasteiger partial charge in [0.15, 0.2) is 0 Å². The second-order valence-electron chi connectivity index (χ2n) is 7.00. The number of methoxy groups -OCH3 is 1. The largest absolute Gasteiger partial charge is 0.385 e. The van der Waals surface area contributed by atoms with Crippen LogP contribution >= 0.6 is 0 Å². The summed E-state index contributed by atoms with van der Waals surface area (Å²) in [6, 6.07) is 20.6. The standard InChI is InChI=1S/C23H28N4O/c1-17(2)18-10-12-20(13-11-18)25-22-16-21(19-8-5-4-6-9-19)26-23(27-22)24-14-7-15-28-3/h4-6,8-13,16-17H,7,14-15H2,1-3H3,(H2,24,25,26,27). The first kappa shape index (κ1) is 19.8. The Bertz CT molecular complexity index is 864. The number of hydrogen-bond acceptors (Lipinski definition) is 5. The van der Waals surface area contributed by atoms with E-state index in [9.17, 15) is 0 Å². The fraction of sp³-hybridized carbons (Fsp3) is 0.304. The molecule has 0 aliphatic heterocycles. The molecule has 0 radical (unpaired) electrons. The van der Waals surface area contributed by atoms with E-state index in [-0.39, 0.29) is 0 Å². The molecule has 0 aliphatic carbocycles. The molecule has 28 heavy (non-hydrogen) atoms. The molecule has 2 N–H and O–H groups in total. The minimum absolute atomic E-state index is 0.515. The maximum atomic E-state index is 5.11. The van der Waals surface area contributed by atoms with Gasteiger partial charge in [0.05, 0.1) is 5.69 Å². The Labute approximate surface area is 167 Å². The van der Waals surface area contributed by atoms with Crippen LogP contribution < -0.4 is 10.6 Å². The molecule has 0 aliphatic rings. The van der Waals surface area contributed by atoms with Crippen molar-refractivity contribution in [3.8, 4) is 11.3 Å². The molecule has 0 fully saturated rings. The normalized spacial score (nSPS) is 10.9. The van der Waals surface area contributed by atoms with Crippen LogP contribution in [0.3, 0.4) is 0 Å². The second kappa shape index (κ2) is 9.85. The Morgan fingerprint density at radius 2 is 1.71 bits per heavy atom. The van der Waals surface area contributed by atoms with E-state index >= 15 is 0 Å². The molecule has 3 rings (SSSR count). The fourth-order valence-corrected chi connectivity index (χ4v) is 2.86. The Balaban J connectivity index is 1.83. The highest BCUT2D eigenvalue weighted by Crippen LogP contribution is 2.24. The lowest BCUT2D eigenvalue weighted by Gasteiger charge is -2.12. The van der Waals surface area contributed by atoms with E-state index in [1.54, 1.807) is 7.11 Å². The van der Waals surface area contributed by atoms with Gasteiger partial charge in [-0.2, -0.15) is 4.98 Å². The molecule has 0 amide bonds. The quantitative estimate of drug-likeness (QED) is 0.486. The van der Waals surface area contributed by atoms with E-state index < -0.39 is 0 Å². The number of nitrogens with one attached hydrogen (secondary N) is 2. The van der Waals surface area contributed by atoms with E-state index in [0.29, 0.717) is 18.5 Å². The van der Waals surface area contributed by atoms with Crippen molar-refractivity contribution in [2.75, 3.05) is 30.9 Å². The van der Waals surface area contributed by atoms with Gasteiger partial charge < -0.3 is 15.4 Å². The molecule has 0 spiro atoms. The average Bonchev–Trinajstić information content (AvgIpc) is 2.72. The molecule has 5 nitrogen and oxygen atoms in total. The van der Waals surface area contributed by atoms with Gasteiger partial charge in [-0.1, -0.05) is 56.3 Å². The van der Waals surface area contributed by atoms with Crippen LogP contribution in [0.2, 0.25) is 0 Å². The molecule has 0 saturated carbocycles. The van der Waals surface area contributed by atoms with Crippen LogP contribution in [0.15, 0.2) is 60.7 Å². The van der Waals surface area contributed by atoms with Crippen molar-refractivity contribution >= 4 is 17.5 Å². The third-order valence-electron chi connectivity index (χ3n) is 4.45. The monoisotopic (exact) mass is 376 g/mol. The maximum Gasteiger partial charge on any atom is 0.225 e. The number of hydrogen-bond donors (Lipinski definition) is 2. The third kappa shape index (κ3) is 5.54. The fourth-order valence-electron chi connectivity index (χ4n) is 2.86. The van der Waals surface area contributed by atoms with Crippen LogP contribution in [-0.4, -0.2) is 30.2 Å². The lowest BCUT2D eigenvalue weighted by molar-refractivity contribution is 0.197. The smallest absolute Gasteiger partial charge is 0.225 e.